The van der Waals surface area contributed by atoms with Gasteiger partial charge in [0.05, 0.1) is 18.0 Å². The van der Waals surface area contributed by atoms with Crippen LogP contribution in [0.3, 0.4) is 0 Å². The maximum absolute atomic E-state index is 14.3. The van der Waals surface area contributed by atoms with Crippen molar-refractivity contribution in [1.82, 2.24) is 10.3 Å². The molecule has 2 atom stereocenters. The number of halogens is 3. The van der Waals surface area contributed by atoms with E-state index in [4.69, 9.17) is 9.84 Å². The van der Waals surface area contributed by atoms with Gasteiger partial charge in [0, 0.05) is 29.6 Å². The first-order chi connectivity index (χ1) is 14.8. The monoisotopic (exact) mass is 432 g/mol. The predicted octanol–water partition coefficient (Wildman–Crippen LogP) is 4.24. The molecular weight excluding hydrogens is 413 g/mol. The van der Waals surface area contributed by atoms with Gasteiger partial charge in [-0.2, -0.15) is 0 Å². The third-order valence-corrected chi connectivity index (χ3v) is 5.38. The number of amides is 1. The number of H-pyrrole nitrogens is 1. The molecule has 0 spiro atoms. The second kappa shape index (κ2) is 8.33. The highest BCUT2D eigenvalue weighted by Gasteiger charge is 2.43. The van der Waals surface area contributed by atoms with Crippen LogP contribution in [0.25, 0.3) is 22.2 Å². The summed E-state index contributed by atoms with van der Waals surface area (Å²) in [7, 11) is 0. The topological polar surface area (TPSA) is 91.4 Å². The van der Waals surface area contributed by atoms with Crippen molar-refractivity contribution < 1.29 is 32.6 Å². The van der Waals surface area contributed by atoms with E-state index in [9.17, 15) is 22.8 Å². The lowest BCUT2D eigenvalue weighted by atomic mass is 10.0. The Morgan fingerprint density at radius 1 is 1.13 bits per heavy atom. The second-order valence-electron chi connectivity index (χ2n) is 7.51. The third-order valence-electron chi connectivity index (χ3n) is 5.38. The fourth-order valence-electron chi connectivity index (χ4n) is 3.65. The zero-order valence-corrected chi connectivity index (χ0v) is 16.3. The molecular formula is C22H19F3N2O4. The third kappa shape index (κ3) is 4.50. The molecule has 0 aliphatic heterocycles. The molecule has 31 heavy (non-hydrogen) atoms. The molecule has 0 bridgehead atoms. The summed E-state index contributed by atoms with van der Waals surface area (Å²) in [6, 6.07) is 7.55. The van der Waals surface area contributed by atoms with Crippen molar-refractivity contribution in [2.75, 3.05) is 13.2 Å². The van der Waals surface area contributed by atoms with Gasteiger partial charge in [-0.05, 0) is 54.3 Å². The number of aromatic amines is 1. The van der Waals surface area contributed by atoms with E-state index in [0.29, 0.717) is 28.6 Å². The number of carboxylic acid groups (broad SMARTS) is 1. The van der Waals surface area contributed by atoms with Crippen LogP contribution in [0.1, 0.15) is 12.0 Å². The lowest BCUT2D eigenvalue weighted by molar-refractivity contribution is -0.139. The van der Waals surface area contributed by atoms with Crippen molar-refractivity contribution in [3.8, 4) is 11.3 Å². The molecule has 1 saturated carbocycles. The summed E-state index contributed by atoms with van der Waals surface area (Å²) in [4.78, 5) is 25.6. The molecule has 9 heteroatoms. The van der Waals surface area contributed by atoms with Crippen LogP contribution < -0.4 is 5.32 Å². The zero-order valence-electron chi connectivity index (χ0n) is 16.3. The fraction of sp³-hybridized carbons (Fsp3) is 0.273. The number of ether oxygens (including phenoxy) is 1. The molecule has 3 N–H and O–H groups in total. The van der Waals surface area contributed by atoms with Gasteiger partial charge in [0.2, 0.25) is 0 Å². The Labute approximate surface area is 175 Å². The van der Waals surface area contributed by atoms with E-state index in [2.05, 4.69) is 10.3 Å². The number of aromatic nitrogens is 1. The Morgan fingerprint density at radius 3 is 2.55 bits per heavy atom. The molecule has 6 nitrogen and oxygen atoms in total. The molecule has 0 radical (unpaired) electrons. The summed E-state index contributed by atoms with van der Waals surface area (Å²) in [5.74, 6) is -3.46. The van der Waals surface area contributed by atoms with Crippen LogP contribution in [0, 0.1) is 29.3 Å². The molecule has 4 rings (SSSR count). The molecule has 1 aliphatic carbocycles. The highest BCUT2D eigenvalue weighted by atomic mass is 19.1. The molecule has 162 valence electrons. The number of hydrogen-bond acceptors (Lipinski definition) is 3. The van der Waals surface area contributed by atoms with Crippen LogP contribution in [-0.2, 0) is 16.0 Å². The molecule has 3 aromatic rings. The van der Waals surface area contributed by atoms with Crippen LogP contribution in [0.5, 0.6) is 0 Å². The summed E-state index contributed by atoms with van der Waals surface area (Å²) in [6.45, 7) is 0.137. The first-order valence-electron chi connectivity index (χ1n) is 9.72. The second-order valence-corrected chi connectivity index (χ2v) is 7.51. The van der Waals surface area contributed by atoms with E-state index in [0.717, 1.165) is 6.07 Å². The van der Waals surface area contributed by atoms with Gasteiger partial charge in [-0.1, -0.05) is 0 Å². The van der Waals surface area contributed by atoms with E-state index in [1.54, 1.807) is 0 Å². The van der Waals surface area contributed by atoms with Gasteiger partial charge in [0.1, 0.15) is 17.5 Å². The minimum atomic E-state index is -0.902. The molecule has 1 fully saturated rings. The average Bonchev–Trinajstić information content (AvgIpc) is 3.42. The maximum Gasteiger partial charge on any atom is 0.407 e. The first-order valence-corrected chi connectivity index (χ1v) is 9.72. The van der Waals surface area contributed by atoms with Crippen molar-refractivity contribution in [3.05, 3.63) is 59.4 Å². The largest absolute Gasteiger partial charge is 0.481 e. The van der Waals surface area contributed by atoms with Crippen LogP contribution in [0.4, 0.5) is 18.0 Å². The van der Waals surface area contributed by atoms with Crippen molar-refractivity contribution in [2.24, 2.45) is 11.8 Å². The zero-order chi connectivity index (χ0) is 22.1. The Kier molecular flexibility index (Phi) is 5.58. The Bertz CT molecular complexity index is 1140. The summed E-state index contributed by atoms with van der Waals surface area (Å²) < 4.78 is 46.4. The van der Waals surface area contributed by atoms with Gasteiger partial charge in [-0.15, -0.1) is 0 Å². The van der Waals surface area contributed by atoms with Crippen LogP contribution in [0.15, 0.2) is 36.4 Å². The number of nitrogens with one attached hydrogen (secondary N) is 2. The first kappa shape index (κ1) is 20.8. The summed E-state index contributed by atoms with van der Waals surface area (Å²) >= 11 is 0. The molecule has 1 aromatic heterocycles. The smallest absolute Gasteiger partial charge is 0.407 e. The summed E-state index contributed by atoms with van der Waals surface area (Å²) in [6.07, 6.45) is 0.0127. The number of fused-ring (bicyclic) bond motifs is 1. The van der Waals surface area contributed by atoms with E-state index in [1.165, 1.54) is 30.3 Å². The van der Waals surface area contributed by atoms with Gasteiger partial charge in [-0.3, -0.25) is 4.79 Å². The van der Waals surface area contributed by atoms with Crippen molar-refractivity contribution in [2.45, 2.75) is 12.8 Å². The van der Waals surface area contributed by atoms with Gasteiger partial charge in [0.15, 0.2) is 0 Å². The Balaban J connectivity index is 1.48. The maximum atomic E-state index is 14.3. The molecule has 1 aliphatic rings. The number of hydrogen-bond donors (Lipinski definition) is 3. The highest BCUT2D eigenvalue weighted by Crippen LogP contribution is 2.38. The van der Waals surface area contributed by atoms with Gasteiger partial charge in [-0.25, -0.2) is 18.0 Å². The standard InChI is InChI=1S/C22H19F3N2O4/c23-13-3-1-11(2-4-13)19-15(17-8-14(24)9-18(25)20(17)27-19)5-6-26-22(30)31-10-12-7-16(12)21(28)29/h1-4,8-9,12,16,27H,5-7,10H2,(H,26,30)(H,28,29). The average molecular weight is 432 g/mol. The molecule has 1 amide bonds. The fourth-order valence-corrected chi connectivity index (χ4v) is 3.65. The van der Waals surface area contributed by atoms with Crippen LogP contribution in [0.2, 0.25) is 0 Å². The normalized spacial score (nSPS) is 17.5. The summed E-state index contributed by atoms with van der Waals surface area (Å²) in [5.41, 5.74) is 1.76. The van der Waals surface area contributed by atoms with Crippen molar-refractivity contribution >= 4 is 23.0 Å². The minimum Gasteiger partial charge on any atom is -0.481 e. The summed E-state index contributed by atoms with van der Waals surface area (Å²) in [5, 5.41) is 11.8. The van der Waals surface area contributed by atoms with Gasteiger partial charge < -0.3 is 20.1 Å². The highest BCUT2D eigenvalue weighted by molar-refractivity contribution is 5.91. The Morgan fingerprint density at radius 2 is 1.87 bits per heavy atom. The minimum absolute atomic E-state index is 0.0210. The quantitative estimate of drug-likeness (QED) is 0.521. The number of benzene rings is 2. The number of rotatable bonds is 7. The van der Waals surface area contributed by atoms with E-state index in [-0.39, 0.29) is 31.0 Å². The van der Waals surface area contributed by atoms with Crippen molar-refractivity contribution in [3.63, 3.8) is 0 Å². The van der Waals surface area contributed by atoms with E-state index < -0.39 is 35.4 Å². The SMILES string of the molecule is O=C(NCCc1c(-c2ccc(F)cc2)[nH]c2c(F)cc(F)cc12)OCC1CC1C(=O)O. The number of carboxylic acids is 1. The van der Waals surface area contributed by atoms with E-state index >= 15 is 0 Å². The van der Waals surface area contributed by atoms with Gasteiger partial charge >= 0.3 is 12.1 Å². The lowest BCUT2D eigenvalue weighted by Gasteiger charge is -2.08. The molecule has 0 saturated heterocycles. The van der Waals surface area contributed by atoms with Crippen molar-refractivity contribution in [1.29, 1.82) is 0 Å². The van der Waals surface area contributed by atoms with Crippen LogP contribution >= 0.6 is 0 Å². The van der Waals surface area contributed by atoms with Crippen LogP contribution in [-0.4, -0.2) is 35.3 Å². The predicted molar refractivity (Wildman–Crippen MR) is 106 cm³/mol. The molecule has 2 unspecified atom stereocenters. The van der Waals surface area contributed by atoms with E-state index in [1.807, 2.05) is 0 Å². The number of alkyl carbamates (subject to hydrolysis) is 1. The number of aliphatic carboxylic acids is 1. The molecule has 1 heterocycles. The molecule has 2 aromatic carbocycles. The number of carbonyl (C=O) groups excluding carboxylic acids is 1. The van der Waals surface area contributed by atoms with Gasteiger partial charge in [0.25, 0.3) is 0 Å². The number of carbonyl (C=O) groups is 2. The Hall–Kier alpha value is -3.49. The lowest BCUT2D eigenvalue weighted by Crippen LogP contribution is -2.27.